The second-order valence-electron chi connectivity index (χ2n) is 8.20. The van der Waals surface area contributed by atoms with E-state index in [9.17, 15) is 9.90 Å². The van der Waals surface area contributed by atoms with Crippen LogP contribution in [-0.2, 0) is 25.9 Å². The molecule has 0 fully saturated rings. The second-order valence-corrected chi connectivity index (χ2v) is 9.26. The van der Waals surface area contributed by atoms with Crippen molar-refractivity contribution in [1.82, 2.24) is 30.5 Å². The first-order valence-corrected chi connectivity index (χ1v) is 12.5. The van der Waals surface area contributed by atoms with E-state index in [1.807, 2.05) is 60.7 Å². The number of hydrogen-bond acceptors (Lipinski definition) is 8. The van der Waals surface area contributed by atoms with Crippen LogP contribution in [0.3, 0.4) is 0 Å². The first kappa shape index (κ1) is 24.5. The average molecular weight is 492 g/mol. The van der Waals surface area contributed by atoms with E-state index in [2.05, 4.69) is 31.1 Å². The fourth-order valence-electron chi connectivity index (χ4n) is 3.55. The number of anilines is 1. The van der Waals surface area contributed by atoms with Gasteiger partial charge in [0.15, 0.2) is 5.69 Å². The van der Waals surface area contributed by atoms with Crippen LogP contribution in [0.1, 0.15) is 45.9 Å². The number of unbranched alkanes of at least 4 members (excludes halogenated alkanes) is 2. The summed E-state index contributed by atoms with van der Waals surface area (Å²) >= 11 is 1.47. The Labute approximate surface area is 208 Å². The van der Waals surface area contributed by atoms with E-state index in [0.29, 0.717) is 30.3 Å². The van der Waals surface area contributed by atoms with E-state index in [0.717, 1.165) is 41.8 Å². The largest absolute Gasteiger partial charge is 0.373 e. The monoisotopic (exact) mass is 491 g/mol. The lowest BCUT2D eigenvalue weighted by Gasteiger charge is -2.11. The number of carbonyl (C=O) groups excluding carboxylic acids is 1. The van der Waals surface area contributed by atoms with Crippen LogP contribution in [0, 0.1) is 0 Å². The van der Waals surface area contributed by atoms with Gasteiger partial charge in [0, 0.05) is 25.9 Å². The molecule has 1 unspecified atom stereocenters. The van der Waals surface area contributed by atoms with Crippen molar-refractivity contribution in [3.63, 3.8) is 0 Å². The lowest BCUT2D eigenvalue weighted by atomic mass is 10.1. The van der Waals surface area contributed by atoms with E-state index in [-0.39, 0.29) is 5.91 Å². The zero-order chi connectivity index (χ0) is 24.3. The zero-order valence-corrected chi connectivity index (χ0v) is 20.2. The molecule has 9 nitrogen and oxygen atoms in total. The van der Waals surface area contributed by atoms with Crippen molar-refractivity contribution in [2.24, 2.45) is 0 Å². The van der Waals surface area contributed by atoms with Crippen molar-refractivity contribution < 1.29 is 9.90 Å². The zero-order valence-electron chi connectivity index (χ0n) is 19.4. The van der Waals surface area contributed by atoms with Crippen LogP contribution in [0.4, 0.5) is 5.13 Å². The number of carbonyl (C=O) groups is 1. The summed E-state index contributed by atoms with van der Waals surface area (Å²) in [7, 11) is 0. The van der Waals surface area contributed by atoms with Gasteiger partial charge in [-0.2, -0.15) is 0 Å². The number of nitrogens with zero attached hydrogens (tertiary/aromatic N) is 5. The van der Waals surface area contributed by atoms with Crippen LogP contribution in [0.15, 0.2) is 66.9 Å². The van der Waals surface area contributed by atoms with Crippen LogP contribution >= 0.6 is 11.3 Å². The molecule has 0 aliphatic carbocycles. The second kappa shape index (κ2) is 12.7. The van der Waals surface area contributed by atoms with Gasteiger partial charge in [-0.25, -0.2) is 0 Å². The topological polar surface area (TPSA) is 118 Å². The maximum Gasteiger partial charge on any atom is 0.273 e. The lowest BCUT2D eigenvalue weighted by molar-refractivity contribution is 0.0945. The third-order valence-corrected chi connectivity index (χ3v) is 6.29. The SMILES string of the molecule is O=C(NCc1ccccc1)c1cn(CCCCCc2nnc(NC(O)Cc3ccccc3)s2)nn1. The molecule has 0 saturated carbocycles. The quantitative estimate of drug-likeness (QED) is 0.194. The van der Waals surface area contributed by atoms with Crippen molar-refractivity contribution >= 4 is 22.4 Å². The Kier molecular flexibility index (Phi) is 8.91. The minimum absolute atomic E-state index is 0.227. The summed E-state index contributed by atoms with van der Waals surface area (Å²) in [6.45, 7) is 1.16. The van der Waals surface area contributed by atoms with Crippen molar-refractivity contribution in [1.29, 1.82) is 0 Å². The number of benzene rings is 2. The Balaban J connectivity index is 1.11. The van der Waals surface area contributed by atoms with Crippen LogP contribution in [0.25, 0.3) is 0 Å². The standard InChI is InChI=1S/C25H29N7O2S/c33-22(16-19-10-4-1-5-11-19)27-25-30-29-23(35-25)14-8-3-9-15-32-18-21(28-31-32)24(34)26-17-20-12-6-2-7-13-20/h1-2,4-7,10-13,18,22,33H,3,8-9,14-17H2,(H,26,34)(H,27,30). The van der Waals surface area contributed by atoms with Gasteiger partial charge in [0.25, 0.3) is 5.91 Å². The molecule has 35 heavy (non-hydrogen) atoms. The molecule has 0 spiro atoms. The van der Waals surface area contributed by atoms with Gasteiger partial charge in [0.1, 0.15) is 11.2 Å². The number of hydrogen-bond donors (Lipinski definition) is 3. The van der Waals surface area contributed by atoms with Gasteiger partial charge in [-0.15, -0.1) is 15.3 Å². The Morgan fingerprint density at radius 3 is 2.46 bits per heavy atom. The number of rotatable bonds is 13. The van der Waals surface area contributed by atoms with E-state index in [1.165, 1.54) is 11.3 Å². The highest BCUT2D eigenvalue weighted by Gasteiger charge is 2.11. The number of aromatic nitrogens is 5. The first-order chi connectivity index (χ1) is 17.2. The highest BCUT2D eigenvalue weighted by atomic mass is 32.1. The minimum atomic E-state index is -0.703. The van der Waals surface area contributed by atoms with Crippen molar-refractivity contribution in [3.05, 3.63) is 88.7 Å². The molecule has 2 aromatic carbocycles. The number of amides is 1. The Hall–Kier alpha value is -3.63. The summed E-state index contributed by atoms with van der Waals surface area (Å²) in [6.07, 6.45) is 5.21. The fourth-order valence-corrected chi connectivity index (χ4v) is 4.38. The molecule has 1 amide bonds. The molecule has 0 bridgehead atoms. The van der Waals surface area contributed by atoms with Gasteiger partial charge >= 0.3 is 0 Å². The number of nitrogens with one attached hydrogen (secondary N) is 2. The Morgan fingerprint density at radius 1 is 0.943 bits per heavy atom. The summed E-state index contributed by atoms with van der Waals surface area (Å²) in [5.74, 6) is -0.227. The van der Waals surface area contributed by atoms with Crippen molar-refractivity contribution in [2.75, 3.05) is 5.32 Å². The third-order valence-electron chi connectivity index (χ3n) is 5.37. The number of aliphatic hydroxyl groups is 1. The van der Waals surface area contributed by atoms with Gasteiger partial charge in [-0.05, 0) is 24.0 Å². The maximum atomic E-state index is 12.3. The summed E-state index contributed by atoms with van der Waals surface area (Å²) in [5.41, 5.74) is 2.42. The molecule has 3 N–H and O–H groups in total. The maximum absolute atomic E-state index is 12.3. The molecule has 0 saturated heterocycles. The third kappa shape index (κ3) is 7.97. The first-order valence-electron chi connectivity index (χ1n) is 11.7. The van der Waals surface area contributed by atoms with Crippen LogP contribution < -0.4 is 10.6 Å². The van der Waals surface area contributed by atoms with Crippen LogP contribution in [-0.4, -0.2) is 42.4 Å². The predicted molar refractivity (Wildman–Crippen MR) is 135 cm³/mol. The van der Waals surface area contributed by atoms with Gasteiger partial charge < -0.3 is 15.7 Å². The highest BCUT2D eigenvalue weighted by Crippen LogP contribution is 2.19. The summed E-state index contributed by atoms with van der Waals surface area (Å²) < 4.78 is 1.71. The molecule has 2 heterocycles. The molecule has 0 radical (unpaired) electrons. The van der Waals surface area contributed by atoms with Gasteiger partial charge in [-0.3, -0.25) is 9.48 Å². The molecular formula is C25H29N7O2S. The molecule has 182 valence electrons. The summed E-state index contributed by atoms with van der Waals surface area (Å²) in [5, 5.41) is 34.1. The van der Waals surface area contributed by atoms with Crippen molar-refractivity contribution in [3.8, 4) is 0 Å². The van der Waals surface area contributed by atoms with Crippen molar-refractivity contribution in [2.45, 2.75) is 51.4 Å². The number of aliphatic hydroxyl groups excluding tert-OH is 1. The van der Waals surface area contributed by atoms with Crippen LogP contribution in [0.2, 0.25) is 0 Å². The van der Waals surface area contributed by atoms with E-state index >= 15 is 0 Å². The smallest absolute Gasteiger partial charge is 0.273 e. The van der Waals surface area contributed by atoms with Gasteiger partial charge in [0.05, 0.1) is 6.20 Å². The van der Waals surface area contributed by atoms with E-state index in [1.54, 1.807) is 10.9 Å². The Bertz CT molecular complexity index is 1180. The molecule has 1 atom stereocenters. The average Bonchev–Trinajstić information content (AvgIpc) is 3.53. The molecule has 2 aromatic heterocycles. The molecule has 4 rings (SSSR count). The molecule has 0 aliphatic heterocycles. The van der Waals surface area contributed by atoms with Gasteiger partial charge in [0.2, 0.25) is 5.13 Å². The van der Waals surface area contributed by atoms with E-state index < -0.39 is 6.23 Å². The Morgan fingerprint density at radius 2 is 1.69 bits per heavy atom. The van der Waals surface area contributed by atoms with Gasteiger partial charge in [-0.1, -0.05) is 83.6 Å². The number of aryl methyl sites for hydroxylation is 2. The minimum Gasteiger partial charge on any atom is -0.373 e. The molecular weight excluding hydrogens is 462 g/mol. The lowest BCUT2D eigenvalue weighted by Crippen LogP contribution is -2.23. The molecule has 4 aromatic rings. The fraction of sp³-hybridized carbons (Fsp3) is 0.320. The normalized spacial score (nSPS) is 11.8. The predicted octanol–water partition coefficient (Wildman–Crippen LogP) is 3.45. The summed E-state index contributed by atoms with van der Waals surface area (Å²) in [6, 6.07) is 19.6. The molecule has 10 heteroatoms. The summed E-state index contributed by atoms with van der Waals surface area (Å²) in [4.78, 5) is 12.3. The van der Waals surface area contributed by atoms with E-state index in [4.69, 9.17) is 0 Å². The highest BCUT2D eigenvalue weighted by molar-refractivity contribution is 7.15. The molecule has 0 aliphatic rings. The van der Waals surface area contributed by atoms with Crippen LogP contribution in [0.5, 0.6) is 0 Å².